The van der Waals surface area contributed by atoms with Crippen LogP contribution in [-0.4, -0.2) is 10.1 Å². The monoisotopic (exact) mass is 288 g/mol. The first kappa shape index (κ1) is 12.8. The molecule has 0 bridgehead atoms. The fraction of sp³-hybridized carbons (Fsp3) is 0.133. The van der Waals surface area contributed by atoms with Gasteiger partial charge in [-0.25, -0.2) is 4.98 Å². The van der Waals surface area contributed by atoms with Gasteiger partial charge in [-0.05, 0) is 24.3 Å². The number of rotatable bonds is 3. The number of anilines is 1. The van der Waals surface area contributed by atoms with Crippen molar-refractivity contribution in [3.05, 3.63) is 52.9 Å². The molecule has 3 aromatic rings. The first-order valence-corrected chi connectivity index (χ1v) is 6.59. The molecular weight excluding hydrogens is 276 g/mol. The molecule has 0 saturated heterocycles. The van der Waals surface area contributed by atoms with Crippen LogP contribution in [-0.2, 0) is 6.54 Å². The maximum atomic E-state index is 9.85. The summed E-state index contributed by atoms with van der Waals surface area (Å²) in [6, 6.07) is 11.0. The van der Waals surface area contributed by atoms with Crippen LogP contribution in [0.5, 0.6) is 5.75 Å². The van der Waals surface area contributed by atoms with Crippen LogP contribution in [0.3, 0.4) is 0 Å². The molecule has 2 aromatic carbocycles. The Balaban J connectivity index is 1.81. The number of aromatic hydroxyl groups is 1. The molecule has 0 spiro atoms. The molecule has 2 N–H and O–H groups in total. The van der Waals surface area contributed by atoms with Gasteiger partial charge in [0, 0.05) is 24.7 Å². The largest absolute Gasteiger partial charge is 0.506 e. The number of oxazole rings is 1. The van der Waals surface area contributed by atoms with Crippen LogP contribution in [0, 0.1) is 6.92 Å². The Hall–Kier alpha value is -2.20. The van der Waals surface area contributed by atoms with Crippen LogP contribution >= 0.6 is 11.6 Å². The van der Waals surface area contributed by atoms with Crippen molar-refractivity contribution in [3.63, 3.8) is 0 Å². The Labute approximate surface area is 121 Å². The van der Waals surface area contributed by atoms with Crippen molar-refractivity contribution in [2.75, 3.05) is 5.32 Å². The lowest BCUT2D eigenvalue weighted by Crippen LogP contribution is -1.99. The summed E-state index contributed by atoms with van der Waals surface area (Å²) in [6.45, 7) is 2.30. The first-order chi connectivity index (χ1) is 9.63. The number of para-hydroxylation sites is 1. The number of nitrogens with zero attached hydrogens (tertiary/aromatic N) is 1. The fourth-order valence-corrected chi connectivity index (χ4v) is 2.25. The van der Waals surface area contributed by atoms with Gasteiger partial charge in [-0.3, -0.25) is 0 Å². The van der Waals surface area contributed by atoms with Crippen molar-refractivity contribution in [2.24, 2.45) is 0 Å². The minimum Gasteiger partial charge on any atom is -0.506 e. The van der Waals surface area contributed by atoms with E-state index >= 15 is 0 Å². The Bertz CT molecular complexity index is 768. The molecule has 102 valence electrons. The Morgan fingerprint density at radius 2 is 2.15 bits per heavy atom. The highest BCUT2D eigenvalue weighted by Gasteiger charge is 2.06. The minimum atomic E-state index is 0.111. The molecule has 0 unspecified atom stereocenters. The molecule has 1 heterocycles. The molecule has 1 aromatic heterocycles. The van der Waals surface area contributed by atoms with E-state index in [4.69, 9.17) is 16.0 Å². The number of phenolic OH excluding ortho intramolecular Hbond substituents is 1. The van der Waals surface area contributed by atoms with Gasteiger partial charge in [0.1, 0.15) is 11.3 Å². The second-order valence-corrected chi connectivity index (χ2v) is 4.92. The molecule has 3 rings (SSSR count). The highest BCUT2D eigenvalue weighted by atomic mass is 35.5. The molecule has 5 heteroatoms. The van der Waals surface area contributed by atoms with Gasteiger partial charge < -0.3 is 14.8 Å². The van der Waals surface area contributed by atoms with Gasteiger partial charge in [-0.2, -0.15) is 0 Å². The molecule has 0 amide bonds. The average molecular weight is 289 g/mol. The fourth-order valence-electron chi connectivity index (χ4n) is 2.05. The zero-order valence-corrected chi connectivity index (χ0v) is 11.6. The summed E-state index contributed by atoms with van der Waals surface area (Å²) in [5.74, 6) is 0.754. The number of nitrogens with one attached hydrogen (secondary N) is 1. The van der Waals surface area contributed by atoms with Gasteiger partial charge in [0.15, 0.2) is 11.5 Å². The van der Waals surface area contributed by atoms with E-state index in [2.05, 4.69) is 10.3 Å². The van der Waals surface area contributed by atoms with E-state index in [0.29, 0.717) is 17.5 Å². The second kappa shape index (κ2) is 5.06. The summed E-state index contributed by atoms with van der Waals surface area (Å²) in [6.07, 6.45) is 0. The zero-order valence-electron chi connectivity index (χ0n) is 10.9. The number of hydrogen-bond donors (Lipinski definition) is 2. The third-order valence-corrected chi connectivity index (χ3v) is 3.35. The molecule has 0 saturated carbocycles. The van der Waals surface area contributed by atoms with Crippen molar-refractivity contribution >= 4 is 28.4 Å². The second-order valence-electron chi connectivity index (χ2n) is 4.52. The van der Waals surface area contributed by atoms with Gasteiger partial charge in [0.25, 0.3) is 0 Å². The predicted molar refractivity (Wildman–Crippen MR) is 79.2 cm³/mol. The van der Waals surface area contributed by atoms with Crippen LogP contribution in [0.1, 0.15) is 11.5 Å². The summed E-state index contributed by atoms with van der Waals surface area (Å²) in [4.78, 5) is 4.28. The van der Waals surface area contributed by atoms with E-state index < -0.39 is 0 Å². The lowest BCUT2D eigenvalue weighted by molar-refractivity contribution is 0.469. The van der Waals surface area contributed by atoms with Crippen molar-refractivity contribution in [2.45, 2.75) is 13.5 Å². The van der Waals surface area contributed by atoms with Crippen molar-refractivity contribution in [1.82, 2.24) is 4.98 Å². The van der Waals surface area contributed by atoms with Gasteiger partial charge in [-0.15, -0.1) is 0 Å². The summed E-state index contributed by atoms with van der Waals surface area (Å²) >= 11 is 5.88. The number of fused-ring (bicyclic) bond motifs is 1. The van der Waals surface area contributed by atoms with Crippen LogP contribution in [0.2, 0.25) is 5.02 Å². The molecule has 0 aliphatic rings. The van der Waals surface area contributed by atoms with E-state index in [1.165, 1.54) is 0 Å². The van der Waals surface area contributed by atoms with Crippen molar-refractivity contribution < 1.29 is 9.52 Å². The SMILES string of the molecule is Cc1nc2cc(NCc3cccc(Cl)c3O)ccc2o1. The molecule has 0 radical (unpaired) electrons. The average Bonchev–Trinajstić information content (AvgIpc) is 2.79. The van der Waals surface area contributed by atoms with Crippen molar-refractivity contribution in [1.29, 1.82) is 0 Å². The predicted octanol–water partition coefficient (Wildman–Crippen LogP) is 4.11. The minimum absolute atomic E-state index is 0.111. The van der Waals surface area contributed by atoms with Crippen LogP contribution in [0.4, 0.5) is 5.69 Å². The van der Waals surface area contributed by atoms with E-state index in [1.54, 1.807) is 6.07 Å². The smallest absolute Gasteiger partial charge is 0.192 e. The molecule has 4 nitrogen and oxygen atoms in total. The lowest BCUT2D eigenvalue weighted by Gasteiger charge is -2.08. The summed E-state index contributed by atoms with van der Waals surface area (Å²) in [5.41, 5.74) is 3.22. The van der Waals surface area contributed by atoms with Crippen LogP contribution in [0.25, 0.3) is 11.1 Å². The van der Waals surface area contributed by atoms with Crippen LogP contribution in [0.15, 0.2) is 40.8 Å². The third-order valence-electron chi connectivity index (χ3n) is 3.05. The zero-order chi connectivity index (χ0) is 14.1. The topological polar surface area (TPSA) is 58.3 Å². The molecule has 20 heavy (non-hydrogen) atoms. The standard InChI is InChI=1S/C15H13ClN2O2/c1-9-18-13-7-11(5-6-14(13)20-9)17-8-10-3-2-4-12(16)15(10)19/h2-7,17,19H,8H2,1H3. The normalized spacial score (nSPS) is 10.9. The van der Waals surface area contributed by atoms with Crippen LogP contribution < -0.4 is 5.32 Å². The molecule has 0 aliphatic heterocycles. The Morgan fingerprint density at radius 1 is 1.30 bits per heavy atom. The molecule has 0 aliphatic carbocycles. The highest BCUT2D eigenvalue weighted by molar-refractivity contribution is 6.32. The van der Waals surface area contributed by atoms with Gasteiger partial charge in [-0.1, -0.05) is 23.7 Å². The number of halogens is 1. The summed E-state index contributed by atoms with van der Waals surface area (Å²) in [7, 11) is 0. The van der Waals surface area contributed by atoms with E-state index in [-0.39, 0.29) is 5.75 Å². The number of benzene rings is 2. The van der Waals surface area contributed by atoms with Gasteiger partial charge in [0.2, 0.25) is 0 Å². The maximum absolute atomic E-state index is 9.85. The summed E-state index contributed by atoms with van der Waals surface area (Å²) < 4.78 is 5.42. The molecule has 0 atom stereocenters. The third kappa shape index (κ3) is 2.42. The first-order valence-electron chi connectivity index (χ1n) is 6.21. The highest BCUT2D eigenvalue weighted by Crippen LogP contribution is 2.28. The molecule has 0 fully saturated rings. The number of hydrogen-bond acceptors (Lipinski definition) is 4. The number of aromatic nitrogens is 1. The lowest BCUT2D eigenvalue weighted by atomic mass is 10.2. The van der Waals surface area contributed by atoms with Crippen molar-refractivity contribution in [3.8, 4) is 5.75 Å². The van der Waals surface area contributed by atoms with E-state index in [9.17, 15) is 5.11 Å². The number of aryl methyl sites for hydroxylation is 1. The Morgan fingerprint density at radius 3 is 3.00 bits per heavy atom. The van der Waals surface area contributed by atoms with E-state index in [0.717, 1.165) is 22.4 Å². The Kier molecular flexibility index (Phi) is 3.24. The quantitative estimate of drug-likeness (QED) is 0.761. The van der Waals surface area contributed by atoms with Gasteiger partial charge >= 0.3 is 0 Å². The summed E-state index contributed by atoms with van der Waals surface area (Å²) in [5, 5.41) is 13.4. The maximum Gasteiger partial charge on any atom is 0.192 e. The molecular formula is C15H13ClN2O2. The van der Waals surface area contributed by atoms with Gasteiger partial charge in [0.05, 0.1) is 5.02 Å². The van der Waals surface area contributed by atoms with E-state index in [1.807, 2.05) is 37.3 Å². The number of phenols is 1.